The number of amides is 1. The summed E-state index contributed by atoms with van der Waals surface area (Å²) in [6, 6.07) is 0. The Morgan fingerprint density at radius 2 is 2.33 bits per heavy atom. The highest BCUT2D eigenvalue weighted by Gasteiger charge is 1.87. The fourth-order valence-electron chi connectivity index (χ4n) is 0.374. The fraction of sp³-hybridized carbons (Fsp3) is 0.167. The lowest BCUT2D eigenvalue weighted by atomic mass is 10.6. The third-order valence-corrected chi connectivity index (χ3v) is 0.867. The molecule has 0 unspecified atom stereocenters. The maximum absolute atomic E-state index is 10.1. The predicted octanol–water partition coefficient (Wildman–Crippen LogP) is 1.03. The quantitative estimate of drug-likeness (QED) is 0.354. The molecular formula is C6H9NOS. The molecule has 2 nitrogen and oxygen atoms in total. The summed E-state index contributed by atoms with van der Waals surface area (Å²) in [5, 5.41) is 1.50. The van der Waals surface area contributed by atoms with Gasteiger partial charge in [-0.3, -0.25) is 4.79 Å². The lowest BCUT2D eigenvalue weighted by molar-refractivity contribution is -0.115. The minimum absolute atomic E-state index is 0.528. The number of hydrogen-bond donors (Lipinski definition) is 1. The molecular weight excluding hydrogens is 134 g/mol. The molecule has 0 radical (unpaired) electrons. The van der Waals surface area contributed by atoms with Gasteiger partial charge in [-0.15, -0.1) is 19.2 Å². The first-order valence-corrected chi connectivity index (χ1v) is 2.99. The molecule has 1 amide bonds. The van der Waals surface area contributed by atoms with Crippen LogP contribution >= 0.6 is 12.6 Å². The van der Waals surface area contributed by atoms with E-state index in [9.17, 15) is 4.79 Å². The Labute approximate surface area is 60.3 Å². The maximum Gasteiger partial charge on any atom is 0.213 e. The second-order valence-electron chi connectivity index (χ2n) is 1.39. The van der Waals surface area contributed by atoms with Gasteiger partial charge in [-0.2, -0.15) is 0 Å². The Hall–Kier alpha value is -0.700. The van der Waals surface area contributed by atoms with Crippen molar-refractivity contribution in [1.82, 2.24) is 4.90 Å². The normalized spacial score (nSPS) is 9.44. The molecule has 0 aliphatic carbocycles. The first-order chi connectivity index (χ1) is 4.35. The number of thiol groups is 1. The fourth-order valence-corrected chi connectivity index (χ4v) is 0.545. The van der Waals surface area contributed by atoms with Crippen molar-refractivity contribution in [2.75, 3.05) is 6.54 Å². The van der Waals surface area contributed by atoms with Gasteiger partial charge >= 0.3 is 0 Å². The molecule has 0 spiro atoms. The van der Waals surface area contributed by atoms with Crippen LogP contribution < -0.4 is 0 Å². The standard InChI is InChI=1S/C6H9NOS/c1-2-3-7(6-8)4-5-9/h2,4-6,9H,1,3H2/b5-4+. The summed E-state index contributed by atoms with van der Waals surface area (Å²) in [6.07, 6.45) is 3.92. The molecule has 0 rings (SSSR count). The highest BCUT2D eigenvalue weighted by molar-refractivity contribution is 7.83. The highest BCUT2D eigenvalue weighted by Crippen LogP contribution is 1.86. The Morgan fingerprint density at radius 1 is 1.67 bits per heavy atom. The van der Waals surface area contributed by atoms with Crippen LogP contribution in [-0.2, 0) is 4.79 Å². The summed E-state index contributed by atoms with van der Waals surface area (Å²) in [5.74, 6) is 0. The van der Waals surface area contributed by atoms with Gasteiger partial charge in [0, 0.05) is 12.7 Å². The zero-order valence-electron chi connectivity index (χ0n) is 5.03. The van der Waals surface area contributed by atoms with Crippen molar-refractivity contribution < 1.29 is 4.79 Å². The summed E-state index contributed by atoms with van der Waals surface area (Å²) in [5.41, 5.74) is 0. The summed E-state index contributed by atoms with van der Waals surface area (Å²) in [7, 11) is 0. The zero-order chi connectivity index (χ0) is 7.11. The molecule has 0 aromatic rings. The van der Waals surface area contributed by atoms with Gasteiger partial charge in [0.25, 0.3) is 0 Å². The summed E-state index contributed by atoms with van der Waals surface area (Å²) < 4.78 is 0. The van der Waals surface area contributed by atoms with Gasteiger partial charge in [0.15, 0.2) is 0 Å². The zero-order valence-corrected chi connectivity index (χ0v) is 5.92. The van der Waals surface area contributed by atoms with Crippen LogP contribution in [0.1, 0.15) is 0 Å². The lowest BCUT2D eigenvalue weighted by Crippen LogP contribution is -2.13. The van der Waals surface area contributed by atoms with E-state index in [0.717, 1.165) is 0 Å². The number of nitrogens with zero attached hydrogens (tertiary/aromatic N) is 1. The SMILES string of the molecule is C=CCN(C=O)/C=C/S. The van der Waals surface area contributed by atoms with Crippen LogP contribution in [0.2, 0.25) is 0 Å². The van der Waals surface area contributed by atoms with Crippen molar-refractivity contribution in [1.29, 1.82) is 0 Å². The topological polar surface area (TPSA) is 20.3 Å². The second kappa shape index (κ2) is 5.44. The minimum atomic E-state index is 0.528. The number of carbonyl (C=O) groups is 1. The average molecular weight is 143 g/mol. The number of rotatable bonds is 4. The molecule has 0 saturated heterocycles. The van der Waals surface area contributed by atoms with Crippen LogP contribution in [-0.4, -0.2) is 17.9 Å². The molecule has 3 heteroatoms. The molecule has 0 saturated carbocycles. The third-order valence-electron chi connectivity index (χ3n) is 0.733. The van der Waals surface area contributed by atoms with Gasteiger partial charge in [-0.25, -0.2) is 0 Å². The van der Waals surface area contributed by atoms with Crippen LogP contribution in [0.25, 0.3) is 0 Å². The van der Waals surface area contributed by atoms with Crippen LogP contribution in [0.5, 0.6) is 0 Å². The largest absolute Gasteiger partial charge is 0.317 e. The molecule has 0 fully saturated rings. The Balaban J connectivity index is 3.66. The van der Waals surface area contributed by atoms with E-state index < -0.39 is 0 Å². The molecule has 0 N–H and O–H groups in total. The Morgan fingerprint density at radius 3 is 2.67 bits per heavy atom. The summed E-state index contributed by atoms with van der Waals surface area (Å²) >= 11 is 3.79. The van der Waals surface area contributed by atoms with E-state index in [-0.39, 0.29) is 0 Å². The van der Waals surface area contributed by atoms with Crippen LogP contribution in [0.3, 0.4) is 0 Å². The molecule has 9 heavy (non-hydrogen) atoms. The van der Waals surface area contributed by atoms with Crippen molar-refractivity contribution in [3.8, 4) is 0 Å². The summed E-state index contributed by atoms with van der Waals surface area (Å²) in [4.78, 5) is 11.5. The molecule has 0 aliphatic heterocycles. The number of carbonyl (C=O) groups excluding carboxylic acids is 1. The van der Waals surface area contributed by atoms with Crippen molar-refractivity contribution >= 4 is 19.0 Å². The van der Waals surface area contributed by atoms with Gasteiger partial charge in [-0.1, -0.05) is 6.08 Å². The van der Waals surface area contributed by atoms with E-state index in [1.807, 2.05) is 0 Å². The average Bonchev–Trinajstić information content (AvgIpc) is 1.88. The van der Waals surface area contributed by atoms with Gasteiger partial charge in [0.05, 0.1) is 0 Å². The first kappa shape index (κ1) is 8.30. The van der Waals surface area contributed by atoms with Gasteiger partial charge < -0.3 is 4.90 Å². The van der Waals surface area contributed by atoms with E-state index in [1.165, 1.54) is 10.3 Å². The molecule has 0 aromatic heterocycles. The second-order valence-corrected chi connectivity index (χ2v) is 1.69. The van der Waals surface area contributed by atoms with Crippen LogP contribution in [0.4, 0.5) is 0 Å². The maximum atomic E-state index is 10.1. The van der Waals surface area contributed by atoms with E-state index in [2.05, 4.69) is 19.2 Å². The molecule has 0 heterocycles. The predicted molar refractivity (Wildman–Crippen MR) is 41.1 cm³/mol. The lowest BCUT2D eigenvalue weighted by Gasteiger charge is -2.05. The number of hydrogen-bond acceptors (Lipinski definition) is 2. The Bertz CT molecular complexity index is 122. The van der Waals surface area contributed by atoms with Crippen molar-refractivity contribution in [2.45, 2.75) is 0 Å². The highest BCUT2D eigenvalue weighted by atomic mass is 32.1. The van der Waals surface area contributed by atoms with E-state index in [0.29, 0.717) is 13.0 Å². The van der Waals surface area contributed by atoms with Crippen LogP contribution in [0.15, 0.2) is 24.3 Å². The molecule has 0 aromatic carbocycles. The van der Waals surface area contributed by atoms with Gasteiger partial charge in [0.1, 0.15) is 0 Å². The molecule has 0 bridgehead atoms. The van der Waals surface area contributed by atoms with Crippen LogP contribution in [0, 0.1) is 0 Å². The Kier molecular flexibility index (Phi) is 5.01. The minimum Gasteiger partial charge on any atom is -0.317 e. The monoisotopic (exact) mass is 143 g/mol. The van der Waals surface area contributed by atoms with E-state index in [1.54, 1.807) is 12.3 Å². The summed E-state index contributed by atoms with van der Waals surface area (Å²) in [6.45, 7) is 4.00. The molecule has 0 aliphatic rings. The van der Waals surface area contributed by atoms with Crippen molar-refractivity contribution in [2.24, 2.45) is 0 Å². The van der Waals surface area contributed by atoms with Gasteiger partial charge in [0.2, 0.25) is 6.41 Å². The van der Waals surface area contributed by atoms with Crippen molar-refractivity contribution in [3.05, 3.63) is 24.3 Å². The smallest absolute Gasteiger partial charge is 0.213 e. The van der Waals surface area contributed by atoms with Crippen molar-refractivity contribution in [3.63, 3.8) is 0 Å². The first-order valence-electron chi connectivity index (χ1n) is 2.48. The molecule has 50 valence electrons. The van der Waals surface area contributed by atoms with E-state index in [4.69, 9.17) is 0 Å². The molecule has 0 atom stereocenters. The van der Waals surface area contributed by atoms with Gasteiger partial charge in [-0.05, 0) is 5.41 Å². The van der Waals surface area contributed by atoms with E-state index >= 15 is 0 Å². The third kappa shape index (κ3) is 3.85.